The van der Waals surface area contributed by atoms with Gasteiger partial charge in [-0.3, -0.25) is 4.79 Å². The first-order chi connectivity index (χ1) is 14.8. The zero-order valence-corrected chi connectivity index (χ0v) is 17.1. The molecule has 3 nitrogen and oxygen atoms in total. The Morgan fingerprint density at radius 2 is 1.50 bits per heavy atom. The van der Waals surface area contributed by atoms with Crippen LogP contribution in [0.15, 0.2) is 84.9 Å². The summed E-state index contributed by atoms with van der Waals surface area (Å²) >= 11 is 0. The van der Waals surface area contributed by atoms with Gasteiger partial charge in [-0.2, -0.15) is 0 Å². The van der Waals surface area contributed by atoms with E-state index in [1.165, 1.54) is 24.1 Å². The van der Waals surface area contributed by atoms with Crippen LogP contribution < -0.4 is 4.90 Å². The van der Waals surface area contributed by atoms with Crippen molar-refractivity contribution in [3.05, 3.63) is 102 Å². The molecule has 3 aromatic rings. The van der Waals surface area contributed by atoms with E-state index in [1.54, 1.807) is 0 Å². The van der Waals surface area contributed by atoms with Gasteiger partial charge in [-0.1, -0.05) is 72.8 Å². The molecule has 1 heterocycles. The van der Waals surface area contributed by atoms with Gasteiger partial charge in [0.05, 0.1) is 24.8 Å². The Bertz CT molecular complexity index is 984. The average Bonchev–Trinajstić information content (AvgIpc) is 3.29. The smallest absolute Gasteiger partial charge is 0.193 e. The molecule has 3 heteroatoms. The lowest BCUT2D eigenvalue weighted by molar-refractivity contribution is 0.00410. The molecule has 30 heavy (non-hydrogen) atoms. The number of ketones is 1. The summed E-state index contributed by atoms with van der Waals surface area (Å²) in [6.07, 6.45) is 4.87. The molecule has 1 aliphatic heterocycles. The van der Waals surface area contributed by atoms with Gasteiger partial charge in [0.1, 0.15) is 0 Å². The molecule has 3 aromatic carbocycles. The molecule has 1 saturated heterocycles. The van der Waals surface area contributed by atoms with E-state index >= 15 is 0 Å². The maximum atomic E-state index is 12.7. The number of fused-ring (bicyclic) bond motifs is 1. The normalized spacial score (nSPS) is 23.2. The van der Waals surface area contributed by atoms with Gasteiger partial charge < -0.3 is 9.64 Å². The molecule has 0 bridgehead atoms. The minimum absolute atomic E-state index is 0.0721. The lowest BCUT2D eigenvalue weighted by Crippen LogP contribution is -2.55. The molecule has 3 atom stereocenters. The predicted octanol–water partition coefficient (Wildman–Crippen LogP) is 5.29. The summed E-state index contributed by atoms with van der Waals surface area (Å²) in [5, 5.41) is 0. The summed E-state index contributed by atoms with van der Waals surface area (Å²) in [5.74, 6) is 0.0721. The third-order valence-electron chi connectivity index (χ3n) is 6.45. The van der Waals surface area contributed by atoms with Gasteiger partial charge in [0.2, 0.25) is 0 Å². The van der Waals surface area contributed by atoms with Crippen molar-refractivity contribution < 1.29 is 9.53 Å². The van der Waals surface area contributed by atoms with Crippen LogP contribution in [0.1, 0.15) is 40.7 Å². The number of ether oxygens (including phenoxy) is 1. The fourth-order valence-electron chi connectivity index (χ4n) is 4.99. The SMILES string of the molecule is O=C(c1ccccc1)c1ccc(C[C@@H]2CO[C@H]3CCC[C@@H]3N2c2ccccc2)cc1. The largest absolute Gasteiger partial charge is 0.374 e. The van der Waals surface area contributed by atoms with Crippen LogP contribution in [0.25, 0.3) is 0 Å². The minimum Gasteiger partial charge on any atom is -0.374 e. The van der Waals surface area contributed by atoms with Crippen LogP contribution in [0, 0.1) is 0 Å². The van der Waals surface area contributed by atoms with Crippen molar-refractivity contribution >= 4 is 11.5 Å². The molecule has 0 spiro atoms. The molecule has 5 rings (SSSR count). The number of morpholine rings is 1. The van der Waals surface area contributed by atoms with Crippen LogP contribution in [0.4, 0.5) is 5.69 Å². The van der Waals surface area contributed by atoms with Crippen LogP contribution in [0.5, 0.6) is 0 Å². The average molecular weight is 398 g/mol. The second kappa shape index (κ2) is 8.45. The van der Waals surface area contributed by atoms with Gasteiger partial charge >= 0.3 is 0 Å². The maximum absolute atomic E-state index is 12.7. The molecule has 0 aromatic heterocycles. The number of para-hydroxylation sites is 1. The number of anilines is 1. The topological polar surface area (TPSA) is 29.5 Å². The molecular weight excluding hydrogens is 370 g/mol. The second-order valence-electron chi connectivity index (χ2n) is 8.36. The maximum Gasteiger partial charge on any atom is 0.193 e. The van der Waals surface area contributed by atoms with Crippen LogP contribution >= 0.6 is 0 Å². The molecular formula is C27H27NO2. The summed E-state index contributed by atoms with van der Waals surface area (Å²) in [6, 6.07) is 29.1. The molecule has 0 N–H and O–H groups in total. The van der Waals surface area contributed by atoms with E-state index in [4.69, 9.17) is 4.74 Å². The van der Waals surface area contributed by atoms with E-state index in [1.807, 2.05) is 42.5 Å². The molecule has 2 aliphatic rings. The quantitative estimate of drug-likeness (QED) is 0.548. The summed E-state index contributed by atoms with van der Waals surface area (Å²) in [4.78, 5) is 15.3. The first-order valence-corrected chi connectivity index (χ1v) is 10.9. The lowest BCUT2D eigenvalue weighted by Gasteiger charge is -2.45. The zero-order chi connectivity index (χ0) is 20.3. The van der Waals surface area contributed by atoms with Gasteiger partial charge in [0, 0.05) is 16.8 Å². The minimum atomic E-state index is 0.0721. The Morgan fingerprint density at radius 1 is 0.833 bits per heavy atom. The van der Waals surface area contributed by atoms with E-state index in [9.17, 15) is 4.79 Å². The molecule has 0 unspecified atom stereocenters. The first kappa shape index (κ1) is 19.1. The Morgan fingerprint density at radius 3 is 2.23 bits per heavy atom. The Kier molecular flexibility index (Phi) is 5.37. The highest BCUT2D eigenvalue weighted by Gasteiger charge is 2.40. The molecule has 152 valence electrons. The predicted molar refractivity (Wildman–Crippen MR) is 120 cm³/mol. The van der Waals surface area contributed by atoms with Crippen molar-refractivity contribution in [1.82, 2.24) is 0 Å². The van der Waals surface area contributed by atoms with Crippen LogP contribution in [-0.4, -0.2) is 30.6 Å². The molecule has 0 amide bonds. The third-order valence-corrected chi connectivity index (χ3v) is 6.45. The molecule has 2 fully saturated rings. The van der Waals surface area contributed by atoms with Crippen molar-refractivity contribution in [3.63, 3.8) is 0 Å². The number of benzene rings is 3. The van der Waals surface area contributed by atoms with Crippen LogP contribution in [0.2, 0.25) is 0 Å². The van der Waals surface area contributed by atoms with Crippen molar-refractivity contribution in [2.75, 3.05) is 11.5 Å². The number of hydrogen-bond donors (Lipinski definition) is 0. The standard InChI is InChI=1S/C27H27NO2/c29-27(21-8-3-1-4-9-21)22-16-14-20(15-17-22)18-24-19-30-26-13-7-12-25(26)28(24)23-10-5-2-6-11-23/h1-6,8-11,14-17,24-26H,7,12-13,18-19H2/t24-,25+,26+/m1/s1. The van der Waals surface area contributed by atoms with E-state index in [-0.39, 0.29) is 5.78 Å². The highest BCUT2D eigenvalue weighted by molar-refractivity contribution is 6.08. The van der Waals surface area contributed by atoms with Gasteiger partial charge in [-0.15, -0.1) is 0 Å². The van der Waals surface area contributed by atoms with Crippen molar-refractivity contribution in [2.24, 2.45) is 0 Å². The Balaban J connectivity index is 1.35. The van der Waals surface area contributed by atoms with Gasteiger partial charge in [-0.25, -0.2) is 0 Å². The van der Waals surface area contributed by atoms with E-state index in [0.717, 1.165) is 30.6 Å². The number of carbonyl (C=O) groups excluding carboxylic acids is 1. The number of carbonyl (C=O) groups is 1. The monoisotopic (exact) mass is 397 g/mol. The van der Waals surface area contributed by atoms with E-state index in [2.05, 4.69) is 47.4 Å². The molecule has 1 aliphatic carbocycles. The summed E-state index contributed by atoms with van der Waals surface area (Å²) in [6.45, 7) is 0.751. The Labute approximate surface area is 178 Å². The highest BCUT2D eigenvalue weighted by atomic mass is 16.5. The third kappa shape index (κ3) is 3.78. The highest BCUT2D eigenvalue weighted by Crippen LogP contribution is 2.36. The number of hydrogen-bond acceptors (Lipinski definition) is 3. The zero-order valence-electron chi connectivity index (χ0n) is 17.1. The van der Waals surface area contributed by atoms with E-state index in [0.29, 0.717) is 18.2 Å². The van der Waals surface area contributed by atoms with Gasteiger partial charge in [0.25, 0.3) is 0 Å². The van der Waals surface area contributed by atoms with Crippen molar-refractivity contribution in [1.29, 1.82) is 0 Å². The fraction of sp³-hybridized carbons (Fsp3) is 0.296. The van der Waals surface area contributed by atoms with Crippen molar-refractivity contribution in [3.8, 4) is 0 Å². The van der Waals surface area contributed by atoms with Gasteiger partial charge in [-0.05, 0) is 43.4 Å². The Hall–Kier alpha value is -2.91. The molecule has 0 radical (unpaired) electrons. The van der Waals surface area contributed by atoms with Crippen molar-refractivity contribution in [2.45, 2.75) is 43.9 Å². The summed E-state index contributed by atoms with van der Waals surface area (Å²) in [5.41, 5.74) is 4.00. The first-order valence-electron chi connectivity index (χ1n) is 10.9. The van der Waals surface area contributed by atoms with Crippen LogP contribution in [0.3, 0.4) is 0 Å². The van der Waals surface area contributed by atoms with Crippen LogP contribution in [-0.2, 0) is 11.2 Å². The summed E-state index contributed by atoms with van der Waals surface area (Å²) in [7, 11) is 0. The second-order valence-corrected chi connectivity index (χ2v) is 8.36. The van der Waals surface area contributed by atoms with E-state index < -0.39 is 0 Å². The molecule has 1 saturated carbocycles. The number of nitrogens with zero attached hydrogens (tertiary/aromatic N) is 1. The number of rotatable bonds is 5. The van der Waals surface area contributed by atoms with Gasteiger partial charge in [0.15, 0.2) is 5.78 Å². The lowest BCUT2D eigenvalue weighted by atomic mass is 9.96. The fourth-order valence-corrected chi connectivity index (χ4v) is 4.99. The summed E-state index contributed by atoms with van der Waals surface area (Å²) < 4.78 is 6.26.